The highest BCUT2D eigenvalue weighted by Crippen LogP contribution is 2.17. The summed E-state index contributed by atoms with van der Waals surface area (Å²) in [7, 11) is 0. The van der Waals surface area contributed by atoms with Crippen LogP contribution in [0.25, 0.3) is 21.8 Å². The minimum absolute atomic E-state index is 0.0517. The first-order chi connectivity index (χ1) is 14.1. The minimum Gasteiger partial charge on any atom is -0.364 e. The Morgan fingerprint density at radius 2 is 1.76 bits per heavy atom. The molecule has 0 radical (unpaired) electrons. The maximum Gasteiger partial charge on any atom is 0.271 e. The van der Waals surface area contributed by atoms with Crippen molar-refractivity contribution in [1.82, 2.24) is 25.8 Å². The van der Waals surface area contributed by atoms with E-state index >= 15 is 0 Å². The van der Waals surface area contributed by atoms with Gasteiger partial charge in [0.25, 0.3) is 17.4 Å². The average molecular weight is 391 g/mol. The van der Waals surface area contributed by atoms with E-state index < -0.39 is 11.8 Å². The van der Waals surface area contributed by atoms with Crippen molar-refractivity contribution in [2.24, 2.45) is 0 Å². The molecule has 0 saturated carbocycles. The minimum atomic E-state index is -0.540. The van der Waals surface area contributed by atoms with E-state index in [0.717, 1.165) is 10.9 Å². The molecule has 0 aliphatic heterocycles. The van der Waals surface area contributed by atoms with Gasteiger partial charge >= 0.3 is 0 Å². The highest BCUT2D eigenvalue weighted by molar-refractivity contribution is 6.07. The molecule has 9 heteroatoms. The molecule has 0 unspecified atom stereocenters. The van der Waals surface area contributed by atoms with E-state index in [1.807, 2.05) is 24.3 Å². The highest BCUT2D eigenvalue weighted by Gasteiger charge is 2.12. The van der Waals surface area contributed by atoms with Gasteiger partial charge in [0.05, 0.1) is 16.5 Å². The van der Waals surface area contributed by atoms with E-state index in [9.17, 15) is 14.4 Å². The lowest BCUT2D eigenvalue weighted by molar-refractivity contribution is -0.126. The summed E-state index contributed by atoms with van der Waals surface area (Å²) >= 11 is 0. The van der Waals surface area contributed by atoms with Crippen LogP contribution in [0.4, 0.5) is 0 Å². The fourth-order valence-electron chi connectivity index (χ4n) is 2.93. The normalized spacial score (nSPS) is 10.9. The number of aromatic nitrogens is 3. The lowest BCUT2D eigenvalue weighted by atomic mass is 10.2. The molecule has 4 rings (SSSR count). The van der Waals surface area contributed by atoms with Gasteiger partial charge in [-0.25, -0.2) is 4.98 Å². The van der Waals surface area contributed by atoms with Crippen molar-refractivity contribution >= 4 is 33.6 Å². The van der Waals surface area contributed by atoms with Crippen molar-refractivity contribution in [2.75, 3.05) is 6.61 Å². The van der Waals surface area contributed by atoms with Crippen molar-refractivity contribution in [1.29, 1.82) is 0 Å². The van der Waals surface area contributed by atoms with Gasteiger partial charge in [-0.15, -0.1) is 0 Å². The molecule has 4 aromatic rings. The molecule has 0 saturated heterocycles. The monoisotopic (exact) mass is 391 g/mol. The molecule has 0 fully saturated rings. The predicted octanol–water partition coefficient (Wildman–Crippen LogP) is 1.38. The van der Waals surface area contributed by atoms with Crippen LogP contribution in [0.3, 0.4) is 0 Å². The third-order valence-corrected chi connectivity index (χ3v) is 4.28. The molecule has 2 heterocycles. The van der Waals surface area contributed by atoms with Crippen LogP contribution in [-0.4, -0.2) is 33.4 Å². The Morgan fingerprint density at radius 3 is 2.62 bits per heavy atom. The molecule has 29 heavy (non-hydrogen) atoms. The number of H-pyrrole nitrogens is 2. The van der Waals surface area contributed by atoms with Gasteiger partial charge in [0, 0.05) is 17.1 Å². The maximum atomic E-state index is 12.2. The van der Waals surface area contributed by atoms with Crippen LogP contribution in [0.2, 0.25) is 0 Å². The van der Waals surface area contributed by atoms with E-state index in [0.29, 0.717) is 22.3 Å². The van der Waals surface area contributed by atoms with Crippen molar-refractivity contribution < 1.29 is 14.3 Å². The van der Waals surface area contributed by atoms with Crippen LogP contribution in [0, 0.1) is 0 Å². The number of nitrogens with one attached hydrogen (secondary N) is 4. The zero-order chi connectivity index (χ0) is 20.2. The van der Waals surface area contributed by atoms with Crippen LogP contribution in [0.5, 0.6) is 0 Å². The second-order valence-corrected chi connectivity index (χ2v) is 6.27. The third-order valence-electron chi connectivity index (χ3n) is 4.28. The SMILES string of the molecule is O=C(COCc1nc2ccccc2c(=O)[nH]1)NNC(=O)c1c[nH]c2ccccc12. The Balaban J connectivity index is 1.29. The first kappa shape index (κ1) is 18.4. The molecule has 2 aromatic heterocycles. The molecule has 9 nitrogen and oxygen atoms in total. The molecular formula is C20H17N5O4. The molecule has 2 aromatic carbocycles. The second-order valence-electron chi connectivity index (χ2n) is 6.27. The number of fused-ring (bicyclic) bond motifs is 2. The fraction of sp³-hybridized carbons (Fsp3) is 0.100. The Kier molecular flexibility index (Phi) is 5.04. The standard InChI is InChI=1S/C20H17N5O4/c26-18(24-25-20(28)14-9-21-15-7-3-1-5-12(14)15)11-29-10-17-22-16-8-4-2-6-13(16)19(27)23-17/h1-9,21H,10-11H2,(H,24,26)(H,25,28)(H,22,23,27). The van der Waals surface area contributed by atoms with E-state index in [1.165, 1.54) is 0 Å². The molecule has 2 amide bonds. The molecule has 0 bridgehead atoms. The summed E-state index contributed by atoms with van der Waals surface area (Å²) in [4.78, 5) is 46.0. The summed E-state index contributed by atoms with van der Waals surface area (Å²) in [6.45, 7) is -0.366. The van der Waals surface area contributed by atoms with Crippen LogP contribution in [0.1, 0.15) is 16.2 Å². The van der Waals surface area contributed by atoms with E-state index in [-0.39, 0.29) is 18.8 Å². The van der Waals surface area contributed by atoms with Gasteiger partial charge in [0.1, 0.15) is 19.0 Å². The first-order valence-electron chi connectivity index (χ1n) is 8.83. The number of benzene rings is 2. The average Bonchev–Trinajstić information content (AvgIpc) is 3.16. The van der Waals surface area contributed by atoms with Gasteiger partial charge in [0.2, 0.25) is 0 Å². The van der Waals surface area contributed by atoms with Crippen LogP contribution >= 0.6 is 0 Å². The van der Waals surface area contributed by atoms with Gasteiger partial charge in [-0.1, -0.05) is 30.3 Å². The van der Waals surface area contributed by atoms with E-state index in [4.69, 9.17) is 4.74 Å². The lowest BCUT2D eigenvalue weighted by Gasteiger charge is -2.08. The zero-order valence-electron chi connectivity index (χ0n) is 15.2. The van der Waals surface area contributed by atoms with Crippen molar-refractivity contribution in [3.8, 4) is 0 Å². The van der Waals surface area contributed by atoms with Crippen molar-refractivity contribution in [3.05, 3.63) is 76.5 Å². The van der Waals surface area contributed by atoms with E-state index in [1.54, 1.807) is 30.5 Å². The summed E-state index contributed by atoms with van der Waals surface area (Å²) in [5.41, 5.74) is 6.15. The highest BCUT2D eigenvalue weighted by atomic mass is 16.5. The molecule has 0 aliphatic rings. The summed E-state index contributed by atoms with van der Waals surface area (Å²) in [6.07, 6.45) is 1.57. The van der Waals surface area contributed by atoms with Crippen LogP contribution in [-0.2, 0) is 16.1 Å². The summed E-state index contributed by atoms with van der Waals surface area (Å²) in [6, 6.07) is 14.3. The number of hydrogen-bond acceptors (Lipinski definition) is 5. The number of carbonyl (C=O) groups excluding carboxylic acids is 2. The number of hydrogen-bond donors (Lipinski definition) is 4. The number of carbonyl (C=O) groups is 2. The maximum absolute atomic E-state index is 12.2. The van der Waals surface area contributed by atoms with E-state index in [2.05, 4.69) is 25.8 Å². The summed E-state index contributed by atoms with van der Waals surface area (Å²) < 4.78 is 5.28. The number of rotatable bonds is 5. The van der Waals surface area contributed by atoms with Crippen LogP contribution < -0.4 is 16.4 Å². The lowest BCUT2D eigenvalue weighted by Crippen LogP contribution is -2.43. The number of ether oxygens (including phenoxy) is 1. The third kappa shape index (κ3) is 3.99. The Labute approximate surface area is 164 Å². The van der Waals surface area contributed by atoms with Crippen LogP contribution in [0.15, 0.2) is 59.5 Å². The van der Waals surface area contributed by atoms with Gasteiger partial charge in [-0.2, -0.15) is 0 Å². The largest absolute Gasteiger partial charge is 0.364 e. The molecule has 4 N–H and O–H groups in total. The second kappa shape index (κ2) is 7.95. The van der Waals surface area contributed by atoms with Crippen molar-refractivity contribution in [3.63, 3.8) is 0 Å². The smallest absolute Gasteiger partial charge is 0.271 e. The fourth-order valence-corrected chi connectivity index (χ4v) is 2.93. The first-order valence-corrected chi connectivity index (χ1v) is 8.83. The van der Waals surface area contributed by atoms with Gasteiger partial charge in [-0.05, 0) is 18.2 Å². The molecule has 0 aliphatic carbocycles. The number of aromatic amines is 2. The van der Waals surface area contributed by atoms with Gasteiger partial charge in [-0.3, -0.25) is 25.2 Å². The Morgan fingerprint density at radius 1 is 1.00 bits per heavy atom. The topological polar surface area (TPSA) is 129 Å². The van der Waals surface area contributed by atoms with Gasteiger partial charge < -0.3 is 14.7 Å². The molecular weight excluding hydrogens is 374 g/mol. The predicted molar refractivity (Wildman–Crippen MR) is 106 cm³/mol. The zero-order valence-corrected chi connectivity index (χ0v) is 15.2. The summed E-state index contributed by atoms with van der Waals surface area (Å²) in [5, 5.41) is 1.23. The Hall–Kier alpha value is -3.98. The van der Waals surface area contributed by atoms with Crippen molar-refractivity contribution in [2.45, 2.75) is 6.61 Å². The number of para-hydroxylation sites is 2. The van der Waals surface area contributed by atoms with Gasteiger partial charge in [0.15, 0.2) is 0 Å². The number of hydrazine groups is 1. The number of amides is 2. The Bertz CT molecular complexity index is 1260. The summed E-state index contributed by atoms with van der Waals surface area (Å²) in [5.74, 6) is -0.679. The molecule has 146 valence electrons. The molecule has 0 spiro atoms. The molecule has 0 atom stereocenters. The number of nitrogens with zero attached hydrogens (tertiary/aromatic N) is 1. The quantitative estimate of drug-likeness (QED) is 0.382.